The van der Waals surface area contributed by atoms with Gasteiger partial charge in [-0.2, -0.15) is 0 Å². The van der Waals surface area contributed by atoms with Crippen molar-refractivity contribution in [1.29, 1.82) is 0 Å². The van der Waals surface area contributed by atoms with Gasteiger partial charge in [0.2, 0.25) is 0 Å². The third kappa shape index (κ3) is 7.17. The molecule has 0 aliphatic rings. The Labute approximate surface area is 215 Å². The molecular weight excluding hydrogens is 463 g/mol. The summed E-state index contributed by atoms with van der Waals surface area (Å²) in [5.41, 5.74) is 6.49. The van der Waals surface area contributed by atoms with Gasteiger partial charge in [0.25, 0.3) is 0 Å². The van der Waals surface area contributed by atoms with E-state index in [1.165, 1.54) is 0 Å². The van der Waals surface area contributed by atoms with Crippen LogP contribution in [-0.2, 0) is 11.8 Å². The van der Waals surface area contributed by atoms with E-state index < -0.39 is 0 Å². The Balaban J connectivity index is 2.17. The molecule has 0 fully saturated rings. The van der Waals surface area contributed by atoms with E-state index in [0.717, 1.165) is 57.7 Å². The first kappa shape index (κ1) is 26.4. The van der Waals surface area contributed by atoms with Crippen molar-refractivity contribution >= 4 is 23.2 Å². The number of benzene rings is 3. The van der Waals surface area contributed by atoms with Gasteiger partial charge in [-0.05, 0) is 76.3 Å². The highest BCUT2D eigenvalue weighted by molar-refractivity contribution is 6.18. The maximum Gasteiger partial charge on any atom is 0.161 e. The first-order chi connectivity index (χ1) is 16.4. The molecule has 0 unspecified atom stereocenters. The zero-order valence-corrected chi connectivity index (χ0v) is 22.3. The smallest absolute Gasteiger partial charge is 0.161 e. The topological polar surface area (TPSA) is 18.5 Å². The van der Waals surface area contributed by atoms with Gasteiger partial charge in [0.15, 0.2) is 11.5 Å². The molecule has 0 aromatic heterocycles. The molecule has 2 nitrogen and oxygen atoms in total. The van der Waals surface area contributed by atoms with E-state index >= 15 is 0 Å². The van der Waals surface area contributed by atoms with Gasteiger partial charge in [0.05, 0.1) is 13.2 Å². The standard InChI is InChI=1S/C30H36Cl2O2/c1-21(2)12-14-33-29-17-27(24-8-6-5-7-9-24)28(18-30(29)34-15-13-22(3)4)26-16-23(19-31)10-11-25(26)20-32/h5-11,16-18,21-22H,12-15,19-20H2,1-4H3. The van der Waals surface area contributed by atoms with Crippen LogP contribution in [-0.4, -0.2) is 13.2 Å². The normalized spacial score (nSPS) is 11.3. The van der Waals surface area contributed by atoms with Gasteiger partial charge in [-0.15, -0.1) is 23.2 Å². The lowest BCUT2D eigenvalue weighted by molar-refractivity contribution is 0.247. The third-order valence-corrected chi connectivity index (χ3v) is 6.43. The molecule has 0 spiro atoms. The molecule has 0 bridgehead atoms. The summed E-state index contributed by atoms with van der Waals surface area (Å²) < 4.78 is 12.6. The van der Waals surface area contributed by atoms with Crippen LogP contribution in [0.25, 0.3) is 22.3 Å². The molecule has 0 aliphatic heterocycles. The monoisotopic (exact) mass is 498 g/mol. The fourth-order valence-corrected chi connectivity index (χ4v) is 4.15. The molecule has 4 heteroatoms. The second kappa shape index (κ2) is 13.1. The van der Waals surface area contributed by atoms with E-state index in [4.69, 9.17) is 32.7 Å². The summed E-state index contributed by atoms with van der Waals surface area (Å²) >= 11 is 12.6. The summed E-state index contributed by atoms with van der Waals surface area (Å²) in [7, 11) is 0. The van der Waals surface area contributed by atoms with E-state index in [2.05, 4.69) is 76.2 Å². The van der Waals surface area contributed by atoms with Crippen molar-refractivity contribution in [3.05, 3.63) is 71.8 Å². The van der Waals surface area contributed by atoms with Gasteiger partial charge < -0.3 is 9.47 Å². The van der Waals surface area contributed by atoms with Gasteiger partial charge >= 0.3 is 0 Å². The number of halogens is 2. The second-order valence-corrected chi connectivity index (χ2v) is 10.1. The van der Waals surface area contributed by atoms with Crippen molar-refractivity contribution in [3.8, 4) is 33.8 Å². The Morgan fingerprint density at radius 2 is 1.24 bits per heavy atom. The summed E-state index contributed by atoms with van der Waals surface area (Å²) in [4.78, 5) is 0. The highest BCUT2D eigenvalue weighted by atomic mass is 35.5. The highest BCUT2D eigenvalue weighted by Crippen LogP contribution is 2.43. The number of rotatable bonds is 12. The maximum absolute atomic E-state index is 6.37. The van der Waals surface area contributed by atoms with Gasteiger partial charge in [-0.1, -0.05) is 70.2 Å². The molecule has 0 N–H and O–H groups in total. The van der Waals surface area contributed by atoms with E-state index in [0.29, 0.717) is 36.8 Å². The Morgan fingerprint density at radius 3 is 1.76 bits per heavy atom. The third-order valence-electron chi connectivity index (χ3n) is 5.84. The fourth-order valence-electron chi connectivity index (χ4n) is 3.75. The maximum atomic E-state index is 6.37. The van der Waals surface area contributed by atoms with Gasteiger partial charge in [0.1, 0.15) is 0 Å². The van der Waals surface area contributed by atoms with Gasteiger partial charge in [-0.25, -0.2) is 0 Å². The molecule has 0 saturated heterocycles. The van der Waals surface area contributed by atoms with E-state index in [-0.39, 0.29) is 0 Å². The first-order valence-corrected chi connectivity index (χ1v) is 13.2. The van der Waals surface area contributed by atoms with Crippen LogP contribution in [0.3, 0.4) is 0 Å². The van der Waals surface area contributed by atoms with E-state index in [1.807, 2.05) is 12.1 Å². The lowest BCUT2D eigenvalue weighted by atomic mass is 9.90. The number of alkyl halides is 2. The van der Waals surface area contributed by atoms with Crippen LogP contribution in [0.1, 0.15) is 51.7 Å². The summed E-state index contributed by atoms with van der Waals surface area (Å²) in [6.07, 6.45) is 1.97. The van der Waals surface area contributed by atoms with Crippen molar-refractivity contribution in [3.63, 3.8) is 0 Å². The summed E-state index contributed by atoms with van der Waals surface area (Å²) in [5, 5.41) is 0. The predicted molar refractivity (Wildman–Crippen MR) is 146 cm³/mol. The summed E-state index contributed by atoms with van der Waals surface area (Å²) in [5.74, 6) is 3.57. The van der Waals surface area contributed by atoms with E-state index in [1.54, 1.807) is 0 Å². The first-order valence-electron chi connectivity index (χ1n) is 12.2. The molecule has 0 heterocycles. The average molecular weight is 500 g/mol. The SMILES string of the molecule is CC(C)CCOc1cc(-c2ccccc2)c(-c2cc(CCl)ccc2CCl)cc1OCCC(C)C. The largest absolute Gasteiger partial charge is 0.490 e. The minimum Gasteiger partial charge on any atom is -0.490 e. The molecule has 3 rings (SSSR count). The average Bonchev–Trinajstić information content (AvgIpc) is 2.84. The molecule has 0 aliphatic carbocycles. The molecular formula is C30H36Cl2O2. The van der Waals surface area contributed by atoms with Crippen molar-refractivity contribution in [1.82, 2.24) is 0 Å². The number of ether oxygens (including phenoxy) is 2. The van der Waals surface area contributed by atoms with Crippen molar-refractivity contribution in [2.24, 2.45) is 11.8 Å². The highest BCUT2D eigenvalue weighted by Gasteiger charge is 2.18. The molecule has 182 valence electrons. The van der Waals surface area contributed by atoms with Crippen LogP contribution in [0.4, 0.5) is 0 Å². The quantitative estimate of drug-likeness (QED) is 0.231. The Hall–Kier alpha value is -2.16. The molecule has 0 atom stereocenters. The molecule has 34 heavy (non-hydrogen) atoms. The predicted octanol–water partition coefficient (Wildman–Crippen LogP) is 9.35. The minimum atomic E-state index is 0.419. The molecule has 0 amide bonds. The van der Waals surface area contributed by atoms with E-state index in [9.17, 15) is 0 Å². The van der Waals surface area contributed by atoms with Crippen molar-refractivity contribution in [2.75, 3.05) is 13.2 Å². The second-order valence-electron chi connectivity index (χ2n) is 9.53. The van der Waals surface area contributed by atoms with Gasteiger partial charge in [0, 0.05) is 11.8 Å². The Bertz CT molecular complexity index is 1050. The van der Waals surface area contributed by atoms with Crippen LogP contribution in [0.15, 0.2) is 60.7 Å². The fraction of sp³-hybridized carbons (Fsp3) is 0.400. The van der Waals surface area contributed by atoms with Gasteiger partial charge in [-0.3, -0.25) is 0 Å². The molecule has 0 saturated carbocycles. The lowest BCUT2D eigenvalue weighted by Crippen LogP contribution is -2.06. The Morgan fingerprint density at radius 1 is 0.647 bits per heavy atom. The Kier molecular flexibility index (Phi) is 10.2. The van der Waals surface area contributed by atoms with Crippen LogP contribution in [0.2, 0.25) is 0 Å². The van der Waals surface area contributed by atoms with Crippen molar-refractivity contribution in [2.45, 2.75) is 52.3 Å². The zero-order valence-electron chi connectivity index (χ0n) is 20.7. The van der Waals surface area contributed by atoms with Crippen molar-refractivity contribution < 1.29 is 9.47 Å². The number of hydrogen-bond donors (Lipinski definition) is 0. The summed E-state index contributed by atoms with van der Waals surface area (Å²) in [6, 6.07) is 20.9. The van der Waals surface area contributed by atoms with Crippen LogP contribution in [0, 0.1) is 11.8 Å². The summed E-state index contributed by atoms with van der Waals surface area (Å²) in [6.45, 7) is 10.1. The lowest BCUT2D eigenvalue weighted by Gasteiger charge is -2.20. The van der Waals surface area contributed by atoms with Crippen LogP contribution >= 0.6 is 23.2 Å². The van der Waals surface area contributed by atoms with Crippen LogP contribution < -0.4 is 9.47 Å². The molecule has 0 radical (unpaired) electrons. The number of hydrogen-bond acceptors (Lipinski definition) is 2. The zero-order chi connectivity index (χ0) is 24.5. The molecule has 3 aromatic carbocycles. The molecule has 3 aromatic rings. The van der Waals surface area contributed by atoms with Crippen LogP contribution in [0.5, 0.6) is 11.5 Å². The minimum absolute atomic E-state index is 0.419.